The van der Waals surface area contributed by atoms with E-state index < -0.39 is 10.0 Å². The molecule has 0 saturated heterocycles. The molecule has 0 radical (unpaired) electrons. The second-order valence-electron chi connectivity index (χ2n) is 5.90. The SMILES string of the molecule is NS(=O)(=O)c1ccc(CNC(=O)CCC(=O)N2CCSc3ccccc32)s1. The average Bonchev–Trinajstić information content (AvgIpc) is 3.13. The van der Waals surface area contributed by atoms with Gasteiger partial charge in [-0.2, -0.15) is 0 Å². The van der Waals surface area contributed by atoms with E-state index in [0.29, 0.717) is 11.4 Å². The second kappa shape index (κ2) is 8.42. The highest BCUT2D eigenvalue weighted by molar-refractivity contribution is 7.99. The fraction of sp³-hybridized carbons (Fsp3) is 0.294. The maximum Gasteiger partial charge on any atom is 0.247 e. The summed E-state index contributed by atoms with van der Waals surface area (Å²) in [4.78, 5) is 28.0. The van der Waals surface area contributed by atoms with E-state index in [1.807, 2.05) is 24.3 Å². The number of rotatable bonds is 6. The molecule has 0 unspecified atom stereocenters. The summed E-state index contributed by atoms with van der Waals surface area (Å²) in [6.45, 7) is 0.837. The largest absolute Gasteiger partial charge is 0.351 e. The molecule has 2 heterocycles. The van der Waals surface area contributed by atoms with E-state index in [1.54, 1.807) is 22.7 Å². The van der Waals surface area contributed by atoms with Gasteiger partial charge in [0.1, 0.15) is 4.21 Å². The highest BCUT2D eigenvalue weighted by Gasteiger charge is 2.22. The lowest BCUT2D eigenvalue weighted by Gasteiger charge is -2.29. The molecule has 10 heteroatoms. The average molecular weight is 426 g/mol. The van der Waals surface area contributed by atoms with E-state index >= 15 is 0 Å². The molecule has 3 rings (SSSR count). The number of sulfonamides is 1. The maximum absolute atomic E-state index is 12.5. The van der Waals surface area contributed by atoms with Crippen LogP contribution in [0.25, 0.3) is 0 Å². The summed E-state index contributed by atoms with van der Waals surface area (Å²) < 4.78 is 22.6. The Morgan fingerprint density at radius 2 is 1.93 bits per heavy atom. The summed E-state index contributed by atoms with van der Waals surface area (Å²) in [6.07, 6.45) is 0.204. The van der Waals surface area contributed by atoms with Gasteiger partial charge in [-0.15, -0.1) is 23.1 Å². The Morgan fingerprint density at radius 3 is 2.67 bits per heavy atom. The molecule has 144 valence electrons. The van der Waals surface area contributed by atoms with Crippen molar-refractivity contribution < 1.29 is 18.0 Å². The first kappa shape index (κ1) is 19.9. The number of amides is 2. The predicted molar refractivity (Wildman–Crippen MR) is 106 cm³/mol. The van der Waals surface area contributed by atoms with Crippen molar-refractivity contribution in [3.8, 4) is 0 Å². The van der Waals surface area contributed by atoms with Crippen LogP contribution < -0.4 is 15.4 Å². The standard InChI is InChI=1S/C17H19N3O4S3/c18-27(23,24)17-8-5-12(26-17)11-19-15(21)6-7-16(22)20-9-10-25-14-4-2-1-3-13(14)20/h1-5,8H,6-7,9-11H2,(H,19,21)(H2,18,23,24). The number of carbonyl (C=O) groups is 2. The second-order valence-corrected chi connectivity index (χ2v) is 10.00. The monoisotopic (exact) mass is 425 g/mol. The van der Waals surface area contributed by atoms with E-state index in [9.17, 15) is 18.0 Å². The zero-order valence-corrected chi connectivity index (χ0v) is 16.8. The molecule has 2 aromatic rings. The molecule has 7 nitrogen and oxygen atoms in total. The molecule has 1 aromatic heterocycles. The molecule has 0 atom stereocenters. The molecule has 2 amide bonds. The van der Waals surface area contributed by atoms with Gasteiger partial charge in [0.2, 0.25) is 21.8 Å². The lowest BCUT2D eigenvalue weighted by atomic mass is 10.2. The first-order chi connectivity index (χ1) is 12.8. The summed E-state index contributed by atoms with van der Waals surface area (Å²) in [5.41, 5.74) is 0.897. The van der Waals surface area contributed by atoms with Crippen molar-refractivity contribution in [2.75, 3.05) is 17.2 Å². The minimum absolute atomic E-state index is 0.0589. The minimum atomic E-state index is -3.72. The quantitative estimate of drug-likeness (QED) is 0.735. The van der Waals surface area contributed by atoms with Crippen LogP contribution in [0.2, 0.25) is 0 Å². The van der Waals surface area contributed by atoms with Gasteiger partial charge in [0, 0.05) is 34.9 Å². The Kier molecular flexibility index (Phi) is 6.20. The Morgan fingerprint density at radius 1 is 1.15 bits per heavy atom. The third kappa shape index (κ3) is 5.10. The number of anilines is 1. The molecule has 0 saturated carbocycles. The van der Waals surface area contributed by atoms with Crippen molar-refractivity contribution in [3.05, 3.63) is 41.3 Å². The molecular formula is C17H19N3O4S3. The van der Waals surface area contributed by atoms with Gasteiger partial charge in [-0.3, -0.25) is 9.59 Å². The summed E-state index contributed by atoms with van der Waals surface area (Å²) in [5, 5.41) is 7.77. The Labute approximate surface area is 166 Å². The predicted octanol–water partition coefficient (Wildman–Crippen LogP) is 1.93. The van der Waals surface area contributed by atoms with Crippen LogP contribution in [-0.2, 0) is 26.2 Å². The smallest absolute Gasteiger partial charge is 0.247 e. The molecule has 1 aromatic carbocycles. The number of fused-ring (bicyclic) bond motifs is 1. The molecule has 27 heavy (non-hydrogen) atoms. The molecular weight excluding hydrogens is 406 g/mol. The zero-order valence-electron chi connectivity index (χ0n) is 14.4. The topological polar surface area (TPSA) is 110 Å². The zero-order chi connectivity index (χ0) is 19.4. The molecule has 3 N–H and O–H groups in total. The van der Waals surface area contributed by atoms with Crippen LogP contribution >= 0.6 is 23.1 Å². The van der Waals surface area contributed by atoms with Gasteiger partial charge >= 0.3 is 0 Å². The number of carbonyl (C=O) groups excluding carboxylic acids is 2. The summed E-state index contributed by atoms with van der Waals surface area (Å²) in [7, 11) is -3.72. The van der Waals surface area contributed by atoms with Crippen molar-refractivity contribution in [1.82, 2.24) is 5.32 Å². The maximum atomic E-state index is 12.5. The number of hydrogen-bond acceptors (Lipinski definition) is 6. The lowest BCUT2D eigenvalue weighted by molar-refractivity contribution is -0.125. The normalized spacial score (nSPS) is 13.9. The fourth-order valence-corrected chi connectivity index (χ4v) is 5.38. The first-order valence-electron chi connectivity index (χ1n) is 8.25. The van der Waals surface area contributed by atoms with Crippen LogP contribution in [0.3, 0.4) is 0 Å². The van der Waals surface area contributed by atoms with E-state index in [1.165, 1.54) is 6.07 Å². The van der Waals surface area contributed by atoms with Crippen molar-refractivity contribution in [3.63, 3.8) is 0 Å². The van der Waals surface area contributed by atoms with Crippen LogP contribution in [0, 0.1) is 0 Å². The molecule has 1 aliphatic rings. The number of thioether (sulfide) groups is 1. The van der Waals surface area contributed by atoms with Gasteiger partial charge in [-0.25, -0.2) is 13.6 Å². The molecule has 0 spiro atoms. The van der Waals surface area contributed by atoms with Gasteiger partial charge in [-0.1, -0.05) is 12.1 Å². The molecule has 1 aliphatic heterocycles. The van der Waals surface area contributed by atoms with Crippen molar-refractivity contribution in [2.24, 2.45) is 5.14 Å². The number of nitrogens with one attached hydrogen (secondary N) is 1. The van der Waals surface area contributed by atoms with Crippen LogP contribution in [0.15, 0.2) is 45.5 Å². The summed E-state index contributed by atoms with van der Waals surface area (Å²) in [5.74, 6) is 0.499. The van der Waals surface area contributed by atoms with Gasteiger partial charge < -0.3 is 10.2 Å². The van der Waals surface area contributed by atoms with Crippen molar-refractivity contribution in [1.29, 1.82) is 0 Å². The van der Waals surface area contributed by atoms with E-state index in [0.717, 1.165) is 27.7 Å². The Bertz CT molecular complexity index is 956. The minimum Gasteiger partial charge on any atom is -0.351 e. The first-order valence-corrected chi connectivity index (χ1v) is 11.6. The number of nitrogens with two attached hydrogens (primary N) is 1. The third-order valence-electron chi connectivity index (χ3n) is 3.97. The summed E-state index contributed by atoms with van der Waals surface area (Å²) in [6, 6.07) is 10.8. The fourth-order valence-electron chi connectivity index (χ4n) is 2.66. The van der Waals surface area contributed by atoms with Crippen LogP contribution in [0.4, 0.5) is 5.69 Å². The van der Waals surface area contributed by atoms with Gasteiger partial charge in [0.05, 0.1) is 12.2 Å². The number of thiophene rings is 1. The van der Waals surface area contributed by atoms with E-state index in [-0.39, 0.29) is 35.4 Å². The van der Waals surface area contributed by atoms with Crippen LogP contribution in [0.1, 0.15) is 17.7 Å². The Hall–Kier alpha value is -1.88. The number of para-hydroxylation sites is 1. The van der Waals surface area contributed by atoms with Crippen LogP contribution in [0.5, 0.6) is 0 Å². The van der Waals surface area contributed by atoms with Crippen molar-refractivity contribution in [2.45, 2.75) is 28.5 Å². The van der Waals surface area contributed by atoms with E-state index in [4.69, 9.17) is 5.14 Å². The number of benzene rings is 1. The lowest BCUT2D eigenvalue weighted by Crippen LogP contribution is -2.36. The van der Waals surface area contributed by atoms with Gasteiger partial charge in [0.15, 0.2) is 0 Å². The molecule has 0 fully saturated rings. The number of hydrogen-bond donors (Lipinski definition) is 2. The number of nitrogens with zero attached hydrogens (tertiary/aromatic N) is 1. The van der Waals surface area contributed by atoms with Crippen molar-refractivity contribution >= 4 is 50.6 Å². The molecule has 0 bridgehead atoms. The van der Waals surface area contributed by atoms with Gasteiger partial charge in [0.25, 0.3) is 0 Å². The summed E-state index contributed by atoms with van der Waals surface area (Å²) >= 11 is 2.74. The number of primary sulfonamides is 1. The highest BCUT2D eigenvalue weighted by Crippen LogP contribution is 2.34. The van der Waals surface area contributed by atoms with Crippen LogP contribution in [-0.4, -0.2) is 32.5 Å². The Balaban J connectivity index is 1.50. The highest BCUT2D eigenvalue weighted by atomic mass is 32.2. The van der Waals surface area contributed by atoms with Gasteiger partial charge in [-0.05, 0) is 24.3 Å². The third-order valence-corrected chi connectivity index (χ3v) is 7.54. The van der Waals surface area contributed by atoms with E-state index in [2.05, 4.69) is 5.32 Å². The molecule has 0 aliphatic carbocycles.